The topological polar surface area (TPSA) is 106 Å². The second kappa shape index (κ2) is 11.3. The Morgan fingerprint density at radius 2 is 1.97 bits per heavy atom. The molecule has 1 aliphatic rings. The Morgan fingerprint density at radius 1 is 1.19 bits per heavy atom. The number of amides is 2. The van der Waals surface area contributed by atoms with Crippen LogP contribution in [0.1, 0.15) is 33.6 Å². The third-order valence-electron chi connectivity index (χ3n) is 6.52. The molecule has 8 nitrogen and oxygen atoms in total. The van der Waals surface area contributed by atoms with Crippen molar-refractivity contribution in [2.24, 2.45) is 5.73 Å². The second-order valence-electron chi connectivity index (χ2n) is 9.07. The van der Waals surface area contributed by atoms with Gasteiger partial charge in [0.25, 0.3) is 5.91 Å². The summed E-state index contributed by atoms with van der Waals surface area (Å²) in [5.74, 6) is -1.41. The molecule has 2 atom stereocenters. The number of hydrogen-bond donors (Lipinski definition) is 1. The number of anilines is 1. The van der Waals surface area contributed by atoms with E-state index in [-0.39, 0.29) is 43.4 Å². The number of aromatic nitrogens is 1. The summed E-state index contributed by atoms with van der Waals surface area (Å²) in [5, 5.41) is 0. The van der Waals surface area contributed by atoms with Gasteiger partial charge in [0.05, 0.1) is 30.6 Å². The molecule has 37 heavy (non-hydrogen) atoms. The fourth-order valence-electron chi connectivity index (χ4n) is 4.53. The molecular formula is C28H29FN4O4. The summed E-state index contributed by atoms with van der Waals surface area (Å²) in [4.78, 5) is 46.2. The van der Waals surface area contributed by atoms with Crippen molar-refractivity contribution in [3.8, 4) is 0 Å². The average Bonchev–Trinajstić information content (AvgIpc) is 2.90. The van der Waals surface area contributed by atoms with Crippen molar-refractivity contribution in [2.75, 3.05) is 19.1 Å². The number of pyridine rings is 1. The normalized spacial score (nSPS) is 15.6. The first-order chi connectivity index (χ1) is 17.8. The number of nitrogens with zero attached hydrogens (tertiary/aromatic N) is 3. The molecule has 0 saturated heterocycles. The summed E-state index contributed by atoms with van der Waals surface area (Å²) in [6, 6.07) is 15.4. The van der Waals surface area contributed by atoms with Gasteiger partial charge in [-0.3, -0.25) is 14.6 Å². The molecule has 4 rings (SSSR count). The average molecular weight is 505 g/mol. The molecule has 1 aromatic heterocycles. The lowest BCUT2D eigenvalue weighted by molar-refractivity contribution is -0.138. The van der Waals surface area contributed by atoms with Crippen molar-refractivity contribution < 1.29 is 23.5 Å². The Balaban J connectivity index is 1.52. The van der Waals surface area contributed by atoms with Gasteiger partial charge in [0.15, 0.2) is 0 Å². The number of carbonyl (C=O) groups excluding carboxylic acids is 3. The zero-order chi connectivity index (χ0) is 26.5. The summed E-state index contributed by atoms with van der Waals surface area (Å²) in [7, 11) is 2.88. The molecule has 2 aromatic carbocycles. The van der Waals surface area contributed by atoms with Crippen LogP contribution < -0.4 is 10.6 Å². The highest BCUT2D eigenvalue weighted by Crippen LogP contribution is 2.30. The van der Waals surface area contributed by atoms with Crippen LogP contribution in [0, 0.1) is 5.82 Å². The van der Waals surface area contributed by atoms with Crippen LogP contribution >= 0.6 is 0 Å². The minimum absolute atomic E-state index is 0.0368. The van der Waals surface area contributed by atoms with E-state index >= 15 is 0 Å². The zero-order valence-corrected chi connectivity index (χ0v) is 20.8. The number of ether oxygens (including phenoxy) is 1. The molecule has 1 unspecified atom stereocenters. The molecule has 3 aromatic rings. The molecule has 9 heteroatoms. The maximum absolute atomic E-state index is 14.0. The van der Waals surface area contributed by atoms with Gasteiger partial charge in [-0.25, -0.2) is 9.18 Å². The van der Waals surface area contributed by atoms with Crippen molar-refractivity contribution in [1.29, 1.82) is 0 Å². The number of hydrogen-bond acceptors (Lipinski definition) is 6. The van der Waals surface area contributed by atoms with Crippen molar-refractivity contribution in [1.82, 2.24) is 9.88 Å². The van der Waals surface area contributed by atoms with Crippen LogP contribution in [0.25, 0.3) is 0 Å². The van der Waals surface area contributed by atoms with E-state index < -0.39 is 18.1 Å². The largest absolute Gasteiger partial charge is 0.465 e. The third-order valence-corrected chi connectivity index (χ3v) is 6.52. The van der Waals surface area contributed by atoms with Gasteiger partial charge in [0.2, 0.25) is 5.91 Å². The van der Waals surface area contributed by atoms with Gasteiger partial charge < -0.3 is 20.3 Å². The predicted molar refractivity (Wildman–Crippen MR) is 136 cm³/mol. The predicted octanol–water partition coefficient (Wildman–Crippen LogP) is 2.88. The van der Waals surface area contributed by atoms with E-state index in [0.717, 1.165) is 5.56 Å². The Morgan fingerprint density at radius 3 is 2.73 bits per heavy atom. The number of carbonyl (C=O) groups is 3. The van der Waals surface area contributed by atoms with Crippen LogP contribution in [0.5, 0.6) is 0 Å². The molecule has 0 radical (unpaired) electrons. The van der Waals surface area contributed by atoms with Crippen LogP contribution in [0.15, 0.2) is 66.9 Å². The van der Waals surface area contributed by atoms with E-state index in [2.05, 4.69) is 4.98 Å². The van der Waals surface area contributed by atoms with Crippen molar-refractivity contribution >= 4 is 23.5 Å². The molecule has 0 saturated carbocycles. The van der Waals surface area contributed by atoms with Crippen LogP contribution in [0.3, 0.4) is 0 Å². The summed E-state index contributed by atoms with van der Waals surface area (Å²) in [5.41, 5.74) is 9.07. The third kappa shape index (κ3) is 5.83. The maximum atomic E-state index is 14.0. The monoisotopic (exact) mass is 504 g/mol. The number of likely N-dealkylation sites (N-methyl/N-ethyl adjacent to an activating group) is 1. The Kier molecular flexibility index (Phi) is 7.93. The zero-order valence-electron chi connectivity index (χ0n) is 20.8. The quantitative estimate of drug-likeness (QED) is 0.473. The SMILES string of the molecule is COC(=O)c1cccc(CN2C(=O)C(N(C)C(=O)C[C@H](N)Cc3ccccc3F)Cc3ncccc32)c1. The molecule has 0 fully saturated rings. The van der Waals surface area contributed by atoms with E-state index in [1.807, 2.05) is 12.1 Å². The highest BCUT2D eigenvalue weighted by atomic mass is 19.1. The Bertz CT molecular complexity index is 1310. The van der Waals surface area contributed by atoms with E-state index in [4.69, 9.17) is 10.5 Å². The molecule has 0 aliphatic carbocycles. The lowest BCUT2D eigenvalue weighted by atomic mass is 9.98. The number of halogens is 1. The molecule has 2 heterocycles. The van der Waals surface area contributed by atoms with Crippen LogP contribution in [0.4, 0.5) is 10.1 Å². The minimum atomic E-state index is -0.778. The highest BCUT2D eigenvalue weighted by molar-refractivity contribution is 6.01. The smallest absolute Gasteiger partial charge is 0.337 e. The number of benzene rings is 2. The summed E-state index contributed by atoms with van der Waals surface area (Å²) in [6.45, 7) is 0.188. The van der Waals surface area contributed by atoms with E-state index in [1.54, 1.807) is 60.6 Å². The molecular weight excluding hydrogens is 475 g/mol. The molecule has 2 amide bonds. The molecule has 0 bridgehead atoms. The number of fused-ring (bicyclic) bond motifs is 1. The molecule has 1 aliphatic heterocycles. The first-order valence-corrected chi connectivity index (χ1v) is 12.0. The molecule has 2 N–H and O–H groups in total. The van der Waals surface area contributed by atoms with Crippen molar-refractivity contribution in [3.63, 3.8) is 0 Å². The summed E-state index contributed by atoms with van der Waals surface area (Å²) in [6.07, 6.45) is 2.08. The number of rotatable bonds is 8. The lowest BCUT2D eigenvalue weighted by Gasteiger charge is -2.37. The Hall–Kier alpha value is -4.11. The second-order valence-corrected chi connectivity index (χ2v) is 9.07. The fourth-order valence-corrected chi connectivity index (χ4v) is 4.53. The van der Waals surface area contributed by atoms with Gasteiger partial charge in [0.1, 0.15) is 11.9 Å². The van der Waals surface area contributed by atoms with Gasteiger partial charge in [-0.05, 0) is 47.9 Å². The summed E-state index contributed by atoms with van der Waals surface area (Å²) < 4.78 is 18.8. The standard InChI is InChI=1S/C28H29FN4O4/c1-32(26(34)15-21(30)14-19-8-3-4-10-22(19)29)25-16-23-24(11-6-12-31-23)33(27(25)35)17-18-7-5-9-20(13-18)28(36)37-2/h3-13,21,25H,14-17,30H2,1-2H3/t21-,25?/m1/s1. The van der Waals surface area contributed by atoms with Crippen LogP contribution in [-0.4, -0.2) is 53.9 Å². The van der Waals surface area contributed by atoms with Crippen LogP contribution in [-0.2, 0) is 33.7 Å². The number of methoxy groups -OCH3 is 1. The van der Waals surface area contributed by atoms with E-state index in [1.165, 1.54) is 18.1 Å². The maximum Gasteiger partial charge on any atom is 0.337 e. The van der Waals surface area contributed by atoms with Gasteiger partial charge in [-0.1, -0.05) is 30.3 Å². The molecule has 192 valence electrons. The lowest BCUT2D eigenvalue weighted by Crippen LogP contribution is -2.54. The van der Waals surface area contributed by atoms with Crippen LogP contribution in [0.2, 0.25) is 0 Å². The van der Waals surface area contributed by atoms with Crippen molar-refractivity contribution in [3.05, 3.63) is 95.1 Å². The van der Waals surface area contributed by atoms with Crippen molar-refractivity contribution in [2.45, 2.75) is 37.9 Å². The van der Waals surface area contributed by atoms with E-state index in [9.17, 15) is 18.8 Å². The number of esters is 1. The fraction of sp³-hybridized carbons (Fsp3) is 0.286. The Labute approximate surface area is 214 Å². The summed E-state index contributed by atoms with van der Waals surface area (Å²) >= 11 is 0. The van der Waals surface area contributed by atoms with Gasteiger partial charge in [-0.15, -0.1) is 0 Å². The van der Waals surface area contributed by atoms with E-state index in [0.29, 0.717) is 22.5 Å². The first kappa shape index (κ1) is 26.0. The first-order valence-electron chi connectivity index (χ1n) is 12.0. The van der Waals surface area contributed by atoms with Gasteiger partial charge >= 0.3 is 5.97 Å². The molecule has 0 spiro atoms. The van der Waals surface area contributed by atoms with Gasteiger partial charge in [-0.2, -0.15) is 0 Å². The highest BCUT2D eigenvalue weighted by Gasteiger charge is 2.38. The number of nitrogens with two attached hydrogens (primary N) is 1. The van der Waals surface area contributed by atoms with Gasteiger partial charge in [0, 0.05) is 32.1 Å². The minimum Gasteiger partial charge on any atom is -0.465 e.